The van der Waals surface area contributed by atoms with Crippen LogP contribution in [0.25, 0.3) is 0 Å². The number of anilines is 2. The van der Waals surface area contributed by atoms with Gasteiger partial charge < -0.3 is 16.2 Å². The molecule has 0 atom stereocenters. The van der Waals surface area contributed by atoms with Gasteiger partial charge in [0.05, 0.1) is 0 Å². The molecule has 0 unspecified atom stereocenters. The minimum absolute atomic E-state index is 0.170. The van der Waals surface area contributed by atoms with Crippen molar-refractivity contribution in [3.8, 4) is 5.75 Å². The van der Waals surface area contributed by atoms with Crippen molar-refractivity contribution in [2.24, 2.45) is 0 Å². The molecule has 19 heavy (non-hydrogen) atoms. The summed E-state index contributed by atoms with van der Waals surface area (Å²) in [6, 6.07) is 9.80. The number of aromatic hydroxyl groups is 1. The third-order valence-corrected chi connectivity index (χ3v) is 3.44. The first-order valence-corrected chi connectivity index (χ1v) is 6.42. The minimum atomic E-state index is -0.243. The fourth-order valence-electron chi connectivity index (χ4n) is 1.67. The third kappa shape index (κ3) is 3.06. The molecule has 0 aliphatic carbocycles. The minimum Gasteiger partial charge on any atom is -0.508 e. The van der Waals surface area contributed by atoms with E-state index in [1.807, 2.05) is 6.92 Å². The molecule has 0 bridgehead atoms. The number of benzene rings is 2. The number of phenolic OH excluding ortho intramolecular Hbond substituents is 1. The maximum absolute atomic E-state index is 12.1. The Labute approximate surface area is 119 Å². The van der Waals surface area contributed by atoms with Gasteiger partial charge in [-0.2, -0.15) is 0 Å². The normalized spacial score (nSPS) is 10.2. The van der Waals surface area contributed by atoms with Gasteiger partial charge in [-0.3, -0.25) is 4.79 Å². The lowest BCUT2D eigenvalue weighted by molar-refractivity contribution is 0.102. The summed E-state index contributed by atoms with van der Waals surface area (Å²) in [4.78, 5) is 12.1. The van der Waals surface area contributed by atoms with Gasteiger partial charge in [0.1, 0.15) is 5.75 Å². The largest absolute Gasteiger partial charge is 0.508 e. The van der Waals surface area contributed by atoms with Crippen molar-refractivity contribution in [3.05, 3.63) is 52.0 Å². The highest BCUT2D eigenvalue weighted by Gasteiger charge is 2.09. The van der Waals surface area contributed by atoms with Crippen molar-refractivity contribution in [1.82, 2.24) is 0 Å². The van der Waals surface area contributed by atoms with E-state index in [0.29, 0.717) is 16.9 Å². The summed E-state index contributed by atoms with van der Waals surface area (Å²) in [6.45, 7) is 1.81. The molecular formula is C14H13BrN2O2. The van der Waals surface area contributed by atoms with Crippen LogP contribution in [0.15, 0.2) is 40.9 Å². The molecule has 0 radical (unpaired) electrons. The first-order chi connectivity index (χ1) is 8.97. The first kappa shape index (κ1) is 13.4. The Morgan fingerprint density at radius 3 is 2.63 bits per heavy atom. The van der Waals surface area contributed by atoms with Gasteiger partial charge in [0.15, 0.2) is 0 Å². The molecule has 0 aromatic heterocycles. The number of hydrogen-bond donors (Lipinski definition) is 3. The van der Waals surface area contributed by atoms with E-state index in [-0.39, 0.29) is 11.7 Å². The Balaban J connectivity index is 2.23. The average molecular weight is 321 g/mol. The number of halogens is 1. The van der Waals surface area contributed by atoms with E-state index < -0.39 is 0 Å². The second-order valence-corrected chi connectivity index (χ2v) is 5.04. The lowest BCUT2D eigenvalue weighted by Gasteiger charge is -2.09. The summed E-state index contributed by atoms with van der Waals surface area (Å²) in [6.07, 6.45) is 0. The Bertz CT molecular complexity index is 641. The quantitative estimate of drug-likeness (QED) is 0.587. The van der Waals surface area contributed by atoms with Gasteiger partial charge in [0.25, 0.3) is 5.91 Å². The maximum atomic E-state index is 12.1. The van der Waals surface area contributed by atoms with E-state index in [2.05, 4.69) is 21.2 Å². The van der Waals surface area contributed by atoms with Gasteiger partial charge in [-0.15, -0.1) is 0 Å². The van der Waals surface area contributed by atoms with E-state index >= 15 is 0 Å². The second kappa shape index (κ2) is 5.32. The summed E-state index contributed by atoms with van der Waals surface area (Å²) in [5.74, 6) is -0.0728. The van der Waals surface area contributed by atoms with Crippen molar-refractivity contribution in [2.45, 2.75) is 6.92 Å². The highest BCUT2D eigenvalue weighted by atomic mass is 79.9. The van der Waals surface area contributed by atoms with Gasteiger partial charge in [-0.05, 0) is 64.8 Å². The summed E-state index contributed by atoms with van der Waals surface area (Å²) < 4.78 is 0.755. The number of carbonyl (C=O) groups excluding carboxylic acids is 1. The monoisotopic (exact) mass is 320 g/mol. The zero-order valence-corrected chi connectivity index (χ0v) is 11.9. The zero-order valence-electron chi connectivity index (χ0n) is 10.3. The lowest BCUT2D eigenvalue weighted by atomic mass is 10.1. The van der Waals surface area contributed by atoms with E-state index in [1.54, 1.807) is 30.3 Å². The predicted molar refractivity (Wildman–Crippen MR) is 79.4 cm³/mol. The lowest BCUT2D eigenvalue weighted by Crippen LogP contribution is -2.13. The molecule has 98 valence electrons. The molecule has 5 heteroatoms. The number of carbonyl (C=O) groups is 1. The molecule has 0 aliphatic rings. The zero-order chi connectivity index (χ0) is 14.0. The third-order valence-electron chi connectivity index (χ3n) is 2.72. The van der Waals surface area contributed by atoms with Crippen molar-refractivity contribution in [2.75, 3.05) is 11.1 Å². The molecule has 0 saturated heterocycles. The van der Waals surface area contributed by atoms with Gasteiger partial charge in [-0.1, -0.05) is 0 Å². The topological polar surface area (TPSA) is 75.3 Å². The fourth-order valence-corrected chi connectivity index (χ4v) is 1.91. The molecular weight excluding hydrogens is 308 g/mol. The number of nitrogen functional groups attached to an aromatic ring is 1. The molecule has 0 saturated carbocycles. The molecule has 2 rings (SSSR count). The Hall–Kier alpha value is -2.01. The van der Waals surface area contributed by atoms with Crippen molar-refractivity contribution < 1.29 is 9.90 Å². The van der Waals surface area contributed by atoms with Gasteiger partial charge in [0.2, 0.25) is 0 Å². The van der Waals surface area contributed by atoms with Crippen LogP contribution in [-0.2, 0) is 0 Å². The second-order valence-electron chi connectivity index (χ2n) is 4.19. The highest BCUT2D eigenvalue weighted by molar-refractivity contribution is 9.10. The van der Waals surface area contributed by atoms with Crippen molar-refractivity contribution in [3.63, 3.8) is 0 Å². The predicted octanol–water partition coefficient (Wildman–Crippen LogP) is 3.30. The SMILES string of the molecule is Cc1cc(O)ccc1NC(=O)c1ccc(Br)c(N)c1. The van der Waals surface area contributed by atoms with Gasteiger partial charge in [-0.25, -0.2) is 0 Å². The molecule has 4 N–H and O–H groups in total. The van der Waals surface area contributed by atoms with Crippen LogP contribution in [-0.4, -0.2) is 11.0 Å². The van der Waals surface area contributed by atoms with E-state index in [0.717, 1.165) is 10.0 Å². The number of phenols is 1. The summed E-state index contributed by atoms with van der Waals surface area (Å²) in [7, 11) is 0. The molecule has 4 nitrogen and oxygen atoms in total. The number of nitrogens with one attached hydrogen (secondary N) is 1. The summed E-state index contributed by atoms with van der Waals surface area (Å²) >= 11 is 3.28. The van der Waals surface area contributed by atoms with Crippen LogP contribution in [0.1, 0.15) is 15.9 Å². The van der Waals surface area contributed by atoms with Gasteiger partial charge >= 0.3 is 0 Å². The van der Waals surface area contributed by atoms with Crippen LogP contribution in [0.5, 0.6) is 5.75 Å². The van der Waals surface area contributed by atoms with Crippen LogP contribution in [0, 0.1) is 6.92 Å². The highest BCUT2D eigenvalue weighted by Crippen LogP contribution is 2.23. The Morgan fingerprint density at radius 2 is 2.00 bits per heavy atom. The van der Waals surface area contributed by atoms with Crippen LogP contribution in [0.3, 0.4) is 0 Å². The molecule has 2 aromatic carbocycles. The van der Waals surface area contributed by atoms with E-state index in [1.165, 1.54) is 6.07 Å². The number of aryl methyl sites for hydroxylation is 1. The molecule has 0 aliphatic heterocycles. The molecule has 0 spiro atoms. The number of rotatable bonds is 2. The Morgan fingerprint density at radius 1 is 1.26 bits per heavy atom. The fraction of sp³-hybridized carbons (Fsp3) is 0.0714. The van der Waals surface area contributed by atoms with E-state index in [4.69, 9.17) is 5.73 Å². The number of nitrogens with two attached hydrogens (primary N) is 1. The number of amides is 1. The smallest absolute Gasteiger partial charge is 0.255 e. The molecule has 0 heterocycles. The first-order valence-electron chi connectivity index (χ1n) is 5.63. The summed E-state index contributed by atoms with van der Waals surface area (Å²) in [5.41, 5.74) is 8.18. The summed E-state index contributed by atoms with van der Waals surface area (Å²) in [5, 5.41) is 12.1. The average Bonchev–Trinajstić information content (AvgIpc) is 2.36. The maximum Gasteiger partial charge on any atom is 0.255 e. The molecule has 0 fully saturated rings. The van der Waals surface area contributed by atoms with Crippen LogP contribution in [0.2, 0.25) is 0 Å². The van der Waals surface area contributed by atoms with Crippen LogP contribution < -0.4 is 11.1 Å². The van der Waals surface area contributed by atoms with Crippen LogP contribution in [0.4, 0.5) is 11.4 Å². The van der Waals surface area contributed by atoms with Crippen molar-refractivity contribution >= 4 is 33.2 Å². The van der Waals surface area contributed by atoms with Crippen molar-refractivity contribution in [1.29, 1.82) is 0 Å². The van der Waals surface area contributed by atoms with E-state index in [9.17, 15) is 9.90 Å². The van der Waals surface area contributed by atoms with Gasteiger partial charge in [0, 0.05) is 21.4 Å². The molecule has 2 aromatic rings. The molecule has 1 amide bonds. The number of hydrogen-bond acceptors (Lipinski definition) is 3. The van der Waals surface area contributed by atoms with Crippen LogP contribution >= 0.6 is 15.9 Å². The Kier molecular flexibility index (Phi) is 3.76. The standard InChI is InChI=1S/C14H13BrN2O2/c1-8-6-10(18)3-5-13(8)17-14(19)9-2-4-11(15)12(16)7-9/h2-7,18H,16H2,1H3,(H,17,19).